The number of Topliss-reactive ketones (excluding diaryl/α,β-unsaturated/α-hetero) is 1. The molecular weight excluding hydrogens is 370 g/mol. The Labute approximate surface area is 169 Å². The zero-order chi connectivity index (χ0) is 21.0. The molecule has 6 heteroatoms. The minimum atomic E-state index is -0.710. The summed E-state index contributed by atoms with van der Waals surface area (Å²) in [4.78, 5) is 50.6. The Balaban J connectivity index is 1.67. The number of nitrogens with zero attached hydrogens (tertiary/aromatic N) is 1. The van der Waals surface area contributed by atoms with Crippen molar-refractivity contribution >= 4 is 23.6 Å². The molecule has 6 nitrogen and oxygen atoms in total. The maximum Gasteiger partial charge on any atom is 0.338 e. The number of hydrogen-bond acceptors (Lipinski definition) is 5. The summed E-state index contributed by atoms with van der Waals surface area (Å²) in [5.74, 6) is -1.76. The van der Waals surface area contributed by atoms with E-state index in [4.69, 9.17) is 4.74 Å². The van der Waals surface area contributed by atoms with Gasteiger partial charge in [0.1, 0.15) is 0 Å². The molecule has 0 aliphatic carbocycles. The highest BCUT2D eigenvalue weighted by molar-refractivity contribution is 6.22. The fraction of sp³-hybridized carbons (Fsp3) is 0.304. The second-order valence-corrected chi connectivity index (χ2v) is 6.93. The summed E-state index contributed by atoms with van der Waals surface area (Å²) in [6.45, 7) is 3.97. The molecule has 0 saturated heterocycles. The van der Waals surface area contributed by atoms with Gasteiger partial charge in [-0.2, -0.15) is 0 Å². The van der Waals surface area contributed by atoms with Crippen LogP contribution in [0.2, 0.25) is 0 Å². The van der Waals surface area contributed by atoms with Gasteiger partial charge in [-0.05, 0) is 36.6 Å². The fourth-order valence-electron chi connectivity index (χ4n) is 3.16. The fourth-order valence-corrected chi connectivity index (χ4v) is 3.16. The average molecular weight is 393 g/mol. The van der Waals surface area contributed by atoms with Crippen LogP contribution < -0.4 is 0 Å². The molecule has 2 aromatic rings. The molecule has 0 N–H and O–H groups in total. The largest absolute Gasteiger partial charge is 0.454 e. The van der Waals surface area contributed by atoms with Crippen LogP contribution in [0, 0.1) is 0 Å². The van der Waals surface area contributed by atoms with Crippen molar-refractivity contribution in [3.8, 4) is 0 Å². The molecule has 3 rings (SSSR count). The Hall–Kier alpha value is -3.28. The second-order valence-electron chi connectivity index (χ2n) is 6.93. The van der Waals surface area contributed by atoms with Crippen LogP contribution in [-0.4, -0.2) is 41.6 Å². The summed E-state index contributed by atoms with van der Waals surface area (Å²) in [6, 6.07) is 11.4. The van der Waals surface area contributed by atoms with Gasteiger partial charge in [-0.15, -0.1) is 0 Å². The molecule has 0 atom stereocenters. The number of ether oxygens (including phenoxy) is 1. The number of ketones is 1. The van der Waals surface area contributed by atoms with Gasteiger partial charge >= 0.3 is 5.97 Å². The van der Waals surface area contributed by atoms with E-state index in [0.717, 1.165) is 24.8 Å². The number of rotatable bonds is 8. The number of imide groups is 1. The van der Waals surface area contributed by atoms with Gasteiger partial charge in [0, 0.05) is 12.1 Å². The number of carbonyl (C=O) groups is 4. The van der Waals surface area contributed by atoms with Gasteiger partial charge in [-0.1, -0.05) is 44.5 Å². The highest BCUT2D eigenvalue weighted by atomic mass is 16.5. The molecule has 1 aliphatic rings. The Morgan fingerprint density at radius 1 is 0.897 bits per heavy atom. The quantitative estimate of drug-likeness (QED) is 0.388. The molecule has 150 valence electrons. The Morgan fingerprint density at radius 2 is 1.55 bits per heavy atom. The predicted octanol–water partition coefficient (Wildman–Crippen LogP) is 3.68. The van der Waals surface area contributed by atoms with Crippen molar-refractivity contribution in [3.05, 3.63) is 70.3 Å². The van der Waals surface area contributed by atoms with E-state index < -0.39 is 18.5 Å². The van der Waals surface area contributed by atoms with E-state index in [9.17, 15) is 19.2 Å². The van der Waals surface area contributed by atoms with Gasteiger partial charge < -0.3 is 4.74 Å². The third kappa shape index (κ3) is 4.26. The van der Waals surface area contributed by atoms with Crippen LogP contribution in [0.25, 0.3) is 0 Å². The molecule has 2 amide bonds. The number of aryl methyl sites for hydroxylation is 1. The standard InChI is InChI=1S/C23H23NO5/c1-3-5-12-24-21(26)18-11-10-17(13-19(18)22(24)27)23(28)29-14-20(25)16-8-6-15(4-2)7-9-16/h6-11,13H,3-5,12,14H2,1-2H3. The van der Waals surface area contributed by atoms with E-state index in [1.54, 1.807) is 12.1 Å². The molecule has 0 unspecified atom stereocenters. The molecule has 0 fully saturated rings. The van der Waals surface area contributed by atoms with Crippen molar-refractivity contribution < 1.29 is 23.9 Å². The molecule has 0 bridgehead atoms. The Kier molecular flexibility index (Phi) is 6.22. The summed E-state index contributed by atoms with van der Waals surface area (Å²) in [5, 5.41) is 0. The van der Waals surface area contributed by atoms with Gasteiger partial charge in [-0.25, -0.2) is 4.79 Å². The first-order chi connectivity index (χ1) is 14.0. The summed E-state index contributed by atoms with van der Waals surface area (Å²) >= 11 is 0. The van der Waals surface area contributed by atoms with Gasteiger partial charge in [0.2, 0.25) is 0 Å². The lowest BCUT2D eigenvalue weighted by Gasteiger charge is -2.12. The Bertz CT molecular complexity index is 962. The maximum atomic E-state index is 12.5. The van der Waals surface area contributed by atoms with Gasteiger partial charge in [0.05, 0.1) is 16.7 Å². The normalized spacial score (nSPS) is 12.8. The molecule has 1 aliphatic heterocycles. The SMILES string of the molecule is CCCCN1C(=O)c2ccc(C(=O)OCC(=O)c3ccc(CC)cc3)cc2C1=O. The third-order valence-electron chi connectivity index (χ3n) is 4.96. The van der Waals surface area contributed by atoms with Crippen LogP contribution in [0.4, 0.5) is 0 Å². The number of fused-ring (bicyclic) bond motifs is 1. The summed E-state index contributed by atoms with van der Waals surface area (Å²) < 4.78 is 5.12. The number of amides is 2. The second kappa shape index (κ2) is 8.82. The van der Waals surface area contributed by atoms with E-state index in [-0.39, 0.29) is 28.4 Å². The average Bonchev–Trinajstić information content (AvgIpc) is 2.99. The molecular formula is C23H23NO5. The van der Waals surface area contributed by atoms with Crippen LogP contribution in [0.5, 0.6) is 0 Å². The van der Waals surface area contributed by atoms with E-state index >= 15 is 0 Å². The molecule has 0 saturated carbocycles. The van der Waals surface area contributed by atoms with Crippen LogP contribution in [0.15, 0.2) is 42.5 Å². The van der Waals surface area contributed by atoms with Crippen LogP contribution in [0.1, 0.15) is 73.7 Å². The minimum Gasteiger partial charge on any atom is -0.454 e. The summed E-state index contributed by atoms with van der Waals surface area (Å²) in [7, 11) is 0. The summed E-state index contributed by atoms with van der Waals surface area (Å²) in [5.41, 5.74) is 2.20. The first-order valence-electron chi connectivity index (χ1n) is 9.75. The third-order valence-corrected chi connectivity index (χ3v) is 4.96. The minimum absolute atomic E-state index is 0.136. The number of carbonyl (C=O) groups excluding carboxylic acids is 4. The highest BCUT2D eigenvalue weighted by Gasteiger charge is 2.35. The van der Waals surface area contributed by atoms with Crippen molar-refractivity contribution in [2.45, 2.75) is 33.1 Å². The zero-order valence-corrected chi connectivity index (χ0v) is 16.6. The van der Waals surface area contributed by atoms with Crippen LogP contribution >= 0.6 is 0 Å². The Morgan fingerprint density at radius 3 is 2.21 bits per heavy atom. The van der Waals surface area contributed by atoms with Gasteiger partial charge in [0.25, 0.3) is 11.8 Å². The van der Waals surface area contributed by atoms with E-state index in [0.29, 0.717) is 12.1 Å². The number of unbranched alkanes of at least 4 members (excludes halogenated alkanes) is 1. The lowest BCUT2D eigenvalue weighted by molar-refractivity contribution is 0.0474. The van der Waals surface area contributed by atoms with Crippen molar-refractivity contribution in [3.63, 3.8) is 0 Å². The molecule has 2 aromatic carbocycles. The topological polar surface area (TPSA) is 80.8 Å². The molecule has 0 spiro atoms. The van der Waals surface area contributed by atoms with Gasteiger partial charge in [-0.3, -0.25) is 19.3 Å². The molecule has 1 heterocycles. The van der Waals surface area contributed by atoms with Crippen LogP contribution in [-0.2, 0) is 11.2 Å². The van der Waals surface area contributed by atoms with Crippen molar-refractivity contribution in [1.29, 1.82) is 0 Å². The van der Waals surface area contributed by atoms with E-state index in [1.165, 1.54) is 23.1 Å². The first-order valence-corrected chi connectivity index (χ1v) is 9.75. The number of esters is 1. The molecule has 0 aromatic heterocycles. The van der Waals surface area contributed by atoms with Crippen molar-refractivity contribution in [2.75, 3.05) is 13.2 Å². The smallest absolute Gasteiger partial charge is 0.338 e. The van der Waals surface area contributed by atoms with E-state index in [1.807, 2.05) is 26.0 Å². The van der Waals surface area contributed by atoms with Crippen LogP contribution in [0.3, 0.4) is 0 Å². The predicted molar refractivity (Wildman–Crippen MR) is 107 cm³/mol. The first kappa shape index (κ1) is 20.5. The molecule has 0 radical (unpaired) electrons. The van der Waals surface area contributed by atoms with Gasteiger partial charge in [0.15, 0.2) is 12.4 Å². The van der Waals surface area contributed by atoms with Crippen molar-refractivity contribution in [1.82, 2.24) is 4.90 Å². The highest BCUT2D eigenvalue weighted by Crippen LogP contribution is 2.24. The maximum absolute atomic E-state index is 12.5. The lowest BCUT2D eigenvalue weighted by atomic mass is 10.1. The monoisotopic (exact) mass is 393 g/mol. The summed E-state index contributed by atoms with van der Waals surface area (Å²) in [6.07, 6.45) is 2.46. The van der Waals surface area contributed by atoms with E-state index in [2.05, 4.69) is 0 Å². The van der Waals surface area contributed by atoms with Crippen molar-refractivity contribution in [2.24, 2.45) is 0 Å². The number of hydrogen-bond donors (Lipinski definition) is 0. The zero-order valence-electron chi connectivity index (χ0n) is 16.6. The lowest BCUT2D eigenvalue weighted by Crippen LogP contribution is -2.30. The molecule has 29 heavy (non-hydrogen) atoms. The number of benzene rings is 2.